The molecule has 4 rings (SSSR count). The van der Waals surface area contributed by atoms with E-state index in [0.29, 0.717) is 26.3 Å². The Bertz CT molecular complexity index is 1030. The summed E-state index contributed by atoms with van der Waals surface area (Å²) in [4.78, 5) is 25.3. The van der Waals surface area contributed by atoms with Crippen LogP contribution < -0.4 is 10.6 Å². The number of halogens is 5. The van der Waals surface area contributed by atoms with Crippen LogP contribution in [0.4, 0.5) is 5.69 Å². The Morgan fingerprint density at radius 2 is 1.67 bits per heavy atom. The fourth-order valence-electron chi connectivity index (χ4n) is 3.35. The van der Waals surface area contributed by atoms with Gasteiger partial charge in [-0.2, -0.15) is 11.8 Å². The van der Waals surface area contributed by atoms with Gasteiger partial charge in [-0.1, -0.05) is 40.9 Å². The van der Waals surface area contributed by atoms with Crippen molar-refractivity contribution in [3.8, 4) is 0 Å². The van der Waals surface area contributed by atoms with Crippen LogP contribution in [0.15, 0.2) is 36.4 Å². The Morgan fingerprint density at radius 3 is 2.30 bits per heavy atom. The van der Waals surface area contributed by atoms with E-state index in [1.165, 1.54) is 0 Å². The highest BCUT2D eigenvalue weighted by Gasteiger charge is 2.67. The third kappa shape index (κ3) is 4.38. The zero-order valence-corrected chi connectivity index (χ0v) is 19.8. The van der Waals surface area contributed by atoms with E-state index < -0.39 is 16.2 Å². The molecule has 0 bridgehead atoms. The molecule has 0 radical (unpaired) electrons. The Morgan fingerprint density at radius 1 is 0.967 bits per heavy atom. The lowest BCUT2D eigenvalue weighted by molar-refractivity contribution is -0.117. The number of carbonyl (C=O) groups is 2. The molecular weight excluding hydrogens is 510 g/mol. The summed E-state index contributed by atoms with van der Waals surface area (Å²) in [7, 11) is 0. The second-order valence-electron chi connectivity index (χ2n) is 7.20. The van der Waals surface area contributed by atoms with E-state index in [9.17, 15) is 9.59 Å². The predicted molar refractivity (Wildman–Crippen MR) is 126 cm³/mol. The van der Waals surface area contributed by atoms with Gasteiger partial charge < -0.3 is 10.6 Å². The Balaban J connectivity index is 1.49. The predicted octanol–water partition coefficient (Wildman–Crippen LogP) is 6.02. The summed E-state index contributed by atoms with van der Waals surface area (Å²) < 4.78 is -1.27. The molecule has 10 heteroatoms. The zero-order chi connectivity index (χ0) is 21.6. The van der Waals surface area contributed by atoms with Crippen molar-refractivity contribution in [1.82, 2.24) is 5.32 Å². The Hall–Kier alpha value is -0.820. The van der Waals surface area contributed by atoms with Crippen molar-refractivity contribution < 1.29 is 9.59 Å². The molecular formula is C20H15Cl5N2O2S. The average Bonchev–Trinajstić information content (AvgIpc) is 3.24. The van der Waals surface area contributed by atoms with Crippen LogP contribution >= 0.6 is 69.8 Å². The second kappa shape index (κ2) is 8.61. The molecule has 1 heterocycles. The number of carbonyl (C=O) groups excluding carboxylic acids is 2. The van der Waals surface area contributed by atoms with Crippen LogP contribution in [0.3, 0.4) is 0 Å². The lowest BCUT2D eigenvalue weighted by Gasteiger charge is -2.26. The number of amides is 2. The number of hydrogen-bond acceptors (Lipinski definition) is 3. The normalized spacial score (nSPS) is 22.2. The number of hydrogen-bond donors (Lipinski definition) is 2. The summed E-state index contributed by atoms with van der Waals surface area (Å²) in [6, 6.07) is 9.92. The molecule has 2 aromatic rings. The Kier molecular flexibility index (Phi) is 6.42. The fourth-order valence-corrected chi connectivity index (χ4v) is 5.33. The quantitative estimate of drug-likeness (QED) is 0.471. The van der Waals surface area contributed by atoms with E-state index in [4.69, 9.17) is 58.0 Å². The van der Waals surface area contributed by atoms with Crippen molar-refractivity contribution in [2.75, 3.05) is 16.8 Å². The zero-order valence-electron chi connectivity index (χ0n) is 15.2. The van der Waals surface area contributed by atoms with Crippen LogP contribution in [-0.4, -0.2) is 33.7 Å². The van der Waals surface area contributed by atoms with Crippen molar-refractivity contribution in [1.29, 1.82) is 0 Å². The molecule has 1 saturated heterocycles. The molecule has 0 spiro atoms. The minimum atomic E-state index is -1.27. The molecule has 2 aliphatic rings. The summed E-state index contributed by atoms with van der Waals surface area (Å²) in [5.41, 5.74) is 1.46. The van der Waals surface area contributed by atoms with Crippen molar-refractivity contribution in [2.45, 2.75) is 16.3 Å². The van der Waals surface area contributed by atoms with Crippen LogP contribution in [0.25, 0.3) is 0 Å². The largest absolute Gasteiger partial charge is 0.348 e. The summed E-state index contributed by atoms with van der Waals surface area (Å²) in [6.45, 7) is 0. The molecule has 30 heavy (non-hydrogen) atoms. The van der Waals surface area contributed by atoms with E-state index >= 15 is 0 Å². The van der Waals surface area contributed by atoms with Gasteiger partial charge in [0.05, 0.1) is 26.5 Å². The first-order chi connectivity index (χ1) is 14.2. The molecule has 1 aliphatic carbocycles. The van der Waals surface area contributed by atoms with Gasteiger partial charge in [-0.05, 0) is 35.9 Å². The number of thioether (sulfide) groups is 1. The minimum absolute atomic E-state index is 0.142. The Labute approximate surface area is 202 Å². The van der Waals surface area contributed by atoms with Crippen LogP contribution in [0, 0.1) is 5.92 Å². The van der Waals surface area contributed by atoms with Gasteiger partial charge in [0.2, 0.25) is 5.91 Å². The molecule has 1 aliphatic heterocycles. The molecule has 1 saturated carbocycles. The van der Waals surface area contributed by atoms with E-state index in [2.05, 4.69) is 10.6 Å². The topological polar surface area (TPSA) is 58.2 Å². The SMILES string of the molecule is O=C(NC1CSC1)c1cc(NC(=O)C2C(c3ccc(Cl)c(Cl)c3)C2(Cl)Cl)ccc1Cl. The number of alkyl halides is 2. The standard InChI is InChI=1S/C20H15Cl5N2O2S/c21-13-4-2-10(6-12(13)18(28)27-11-7-30-8-11)26-19(29)17-16(20(17,24)25)9-1-3-14(22)15(23)5-9/h1-6,11,16-17H,7-8H2,(H,26,29)(H,27,28). The number of nitrogens with one attached hydrogen (secondary N) is 2. The third-order valence-corrected chi connectivity index (χ3v) is 8.38. The van der Waals surface area contributed by atoms with Crippen LogP contribution in [-0.2, 0) is 4.79 Å². The maximum atomic E-state index is 12.8. The van der Waals surface area contributed by atoms with Gasteiger partial charge in [0.1, 0.15) is 4.33 Å². The highest BCUT2D eigenvalue weighted by Crippen LogP contribution is 2.65. The van der Waals surface area contributed by atoms with Gasteiger partial charge in [0.25, 0.3) is 5.91 Å². The summed E-state index contributed by atoms with van der Waals surface area (Å²) in [6.07, 6.45) is 0. The van der Waals surface area contributed by atoms with Gasteiger partial charge in [0, 0.05) is 29.2 Å². The molecule has 2 fully saturated rings. The van der Waals surface area contributed by atoms with Crippen LogP contribution in [0.1, 0.15) is 21.8 Å². The molecule has 2 aromatic carbocycles. The van der Waals surface area contributed by atoms with Gasteiger partial charge >= 0.3 is 0 Å². The number of anilines is 1. The smallest absolute Gasteiger partial charge is 0.253 e. The molecule has 2 unspecified atom stereocenters. The molecule has 2 atom stereocenters. The molecule has 4 nitrogen and oxygen atoms in total. The molecule has 2 N–H and O–H groups in total. The maximum Gasteiger partial charge on any atom is 0.253 e. The van der Waals surface area contributed by atoms with Gasteiger partial charge in [-0.25, -0.2) is 0 Å². The van der Waals surface area contributed by atoms with E-state index in [0.717, 1.165) is 17.1 Å². The molecule has 2 amide bonds. The van der Waals surface area contributed by atoms with Crippen molar-refractivity contribution in [3.05, 3.63) is 62.6 Å². The van der Waals surface area contributed by atoms with E-state index in [-0.39, 0.29) is 17.9 Å². The highest BCUT2D eigenvalue weighted by molar-refractivity contribution is 8.00. The summed E-state index contributed by atoms with van der Waals surface area (Å²) in [5, 5.41) is 6.77. The third-order valence-electron chi connectivity index (χ3n) is 5.09. The van der Waals surface area contributed by atoms with E-state index in [1.807, 2.05) is 0 Å². The first kappa shape index (κ1) is 22.4. The lowest BCUT2D eigenvalue weighted by atomic mass is 10.1. The number of rotatable bonds is 5. The monoisotopic (exact) mass is 522 g/mol. The van der Waals surface area contributed by atoms with Crippen LogP contribution in [0.2, 0.25) is 15.1 Å². The molecule has 158 valence electrons. The summed E-state index contributed by atoms with van der Waals surface area (Å²) >= 11 is 32.8. The minimum Gasteiger partial charge on any atom is -0.348 e. The van der Waals surface area contributed by atoms with Gasteiger partial charge in [0.15, 0.2) is 0 Å². The second-order valence-corrected chi connectivity index (χ2v) is 10.9. The van der Waals surface area contributed by atoms with Crippen molar-refractivity contribution in [2.24, 2.45) is 5.92 Å². The average molecular weight is 525 g/mol. The highest BCUT2D eigenvalue weighted by atomic mass is 35.5. The van der Waals surface area contributed by atoms with Crippen LogP contribution in [0.5, 0.6) is 0 Å². The summed E-state index contributed by atoms with van der Waals surface area (Å²) in [5.74, 6) is 0.0152. The van der Waals surface area contributed by atoms with Gasteiger partial charge in [-0.3, -0.25) is 9.59 Å². The van der Waals surface area contributed by atoms with E-state index in [1.54, 1.807) is 48.2 Å². The van der Waals surface area contributed by atoms with Crippen molar-refractivity contribution in [3.63, 3.8) is 0 Å². The van der Waals surface area contributed by atoms with Crippen molar-refractivity contribution >= 4 is 87.3 Å². The van der Waals surface area contributed by atoms with Gasteiger partial charge in [-0.15, -0.1) is 23.2 Å². The first-order valence-electron chi connectivity index (χ1n) is 9.00. The molecule has 0 aromatic heterocycles. The fraction of sp³-hybridized carbons (Fsp3) is 0.300. The number of benzene rings is 2. The lowest BCUT2D eigenvalue weighted by Crippen LogP contribution is -2.43. The maximum absolute atomic E-state index is 12.8. The first-order valence-corrected chi connectivity index (χ1v) is 12.0.